The van der Waals surface area contributed by atoms with Crippen LogP contribution in [0.15, 0.2) is 108 Å². The first-order valence-corrected chi connectivity index (χ1v) is 10.8. The molecular weight excluding hydrogens is 399 g/mol. The van der Waals surface area contributed by atoms with E-state index in [0.29, 0.717) is 0 Å². The molecule has 2 atom stereocenters. The molecule has 0 fully saturated rings. The predicted octanol–water partition coefficient (Wildman–Crippen LogP) is 6.74. The molecule has 0 saturated carbocycles. The number of hydrogen-bond acceptors (Lipinski definition) is 3. The Morgan fingerprint density at radius 3 is 2.16 bits per heavy atom. The summed E-state index contributed by atoms with van der Waals surface area (Å²) in [5, 5.41) is 7.02. The molecule has 0 aliphatic carbocycles. The van der Waals surface area contributed by atoms with Crippen molar-refractivity contribution < 1.29 is 9.13 Å². The molecule has 2 heterocycles. The fourth-order valence-electron chi connectivity index (χ4n) is 4.54. The van der Waals surface area contributed by atoms with E-state index in [4.69, 9.17) is 9.84 Å². The Morgan fingerprint density at radius 2 is 1.38 bits per heavy atom. The van der Waals surface area contributed by atoms with Gasteiger partial charge in [-0.05, 0) is 34.9 Å². The number of rotatable bonds is 3. The summed E-state index contributed by atoms with van der Waals surface area (Å²) >= 11 is 0. The molecule has 156 valence electrons. The van der Waals surface area contributed by atoms with Crippen LogP contribution in [0.2, 0.25) is 0 Å². The molecule has 32 heavy (non-hydrogen) atoms. The molecule has 0 aromatic heterocycles. The summed E-state index contributed by atoms with van der Waals surface area (Å²) in [7, 11) is 0. The molecule has 0 radical (unpaired) electrons. The summed E-state index contributed by atoms with van der Waals surface area (Å²) in [4.78, 5) is 0. The van der Waals surface area contributed by atoms with Crippen molar-refractivity contribution in [3.05, 3.63) is 126 Å². The van der Waals surface area contributed by atoms with E-state index in [-0.39, 0.29) is 11.9 Å². The van der Waals surface area contributed by atoms with Crippen LogP contribution in [0.5, 0.6) is 5.75 Å². The number of hydrogen-bond donors (Lipinski definition) is 0. The smallest absolute Gasteiger partial charge is 0.213 e. The first-order valence-electron chi connectivity index (χ1n) is 10.8. The van der Waals surface area contributed by atoms with Crippen molar-refractivity contribution >= 4 is 5.71 Å². The molecule has 0 amide bonds. The van der Waals surface area contributed by atoms with Crippen LogP contribution in [0.4, 0.5) is 4.39 Å². The number of halogens is 1. The molecule has 0 N–H and O–H groups in total. The molecule has 4 aromatic rings. The average Bonchev–Trinajstić information content (AvgIpc) is 3.31. The zero-order chi connectivity index (χ0) is 21.5. The van der Waals surface area contributed by atoms with Crippen molar-refractivity contribution in [2.24, 2.45) is 5.10 Å². The topological polar surface area (TPSA) is 24.8 Å². The maximum Gasteiger partial charge on any atom is 0.213 e. The second kappa shape index (κ2) is 7.65. The maximum atomic E-state index is 13.5. The minimum atomic E-state index is -0.392. The first-order chi connectivity index (χ1) is 15.8. The van der Waals surface area contributed by atoms with Gasteiger partial charge < -0.3 is 4.74 Å². The van der Waals surface area contributed by atoms with E-state index in [1.807, 2.05) is 29.3 Å². The van der Waals surface area contributed by atoms with E-state index in [9.17, 15) is 4.39 Å². The van der Waals surface area contributed by atoms with E-state index >= 15 is 0 Å². The lowest BCUT2D eigenvalue weighted by atomic mass is 9.95. The van der Waals surface area contributed by atoms with Crippen molar-refractivity contribution in [1.29, 1.82) is 0 Å². The highest BCUT2D eigenvalue weighted by atomic mass is 19.1. The molecule has 2 aliphatic rings. The maximum absolute atomic E-state index is 13.5. The third-order valence-corrected chi connectivity index (χ3v) is 6.18. The van der Waals surface area contributed by atoms with Gasteiger partial charge in [0.15, 0.2) is 0 Å². The second-order valence-corrected chi connectivity index (χ2v) is 8.15. The Morgan fingerprint density at radius 1 is 0.719 bits per heavy atom. The zero-order valence-electron chi connectivity index (χ0n) is 17.4. The molecule has 4 aromatic carbocycles. The Balaban J connectivity index is 1.36. The minimum absolute atomic E-state index is 0.0822. The molecule has 0 spiro atoms. The largest absolute Gasteiger partial charge is 0.464 e. The van der Waals surface area contributed by atoms with Crippen molar-refractivity contribution in [3.8, 4) is 16.9 Å². The highest BCUT2D eigenvalue weighted by molar-refractivity contribution is 6.02. The lowest BCUT2D eigenvalue weighted by Gasteiger charge is -2.38. The van der Waals surface area contributed by atoms with Gasteiger partial charge in [-0.1, -0.05) is 84.9 Å². The van der Waals surface area contributed by atoms with Crippen LogP contribution in [0.25, 0.3) is 11.1 Å². The molecule has 6 rings (SSSR count). The molecule has 0 unspecified atom stereocenters. The van der Waals surface area contributed by atoms with Crippen molar-refractivity contribution in [3.63, 3.8) is 0 Å². The van der Waals surface area contributed by atoms with Crippen LogP contribution in [-0.2, 0) is 0 Å². The summed E-state index contributed by atoms with van der Waals surface area (Å²) < 4.78 is 19.8. The van der Waals surface area contributed by atoms with Gasteiger partial charge in [0, 0.05) is 17.5 Å². The Labute approximate surface area is 186 Å². The molecule has 3 nitrogen and oxygen atoms in total. The number of benzene rings is 4. The Hall–Kier alpha value is -3.92. The predicted molar refractivity (Wildman–Crippen MR) is 124 cm³/mol. The molecule has 2 aliphatic heterocycles. The highest BCUT2D eigenvalue weighted by Crippen LogP contribution is 2.47. The van der Waals surface area contributed by atoms with Crippen LogP contribution >= 0.6 is 0 Å². The quantitative estimate of drug-likeness (QED) is 0.367. The van der Waals surface area contributed by atoms with Gasteiger partial charge in [-0.2, -0.15) is 5.10 Å². The number of ether oxygens (including phenoxy) is 1. The Bertz CT molecular complexity index is 1280. The van der Waals surface area contributed by atoms with Gasteiger partial charge >= 0.3 is 0 Å². The van der Waals surface area contributed by atoms with Crippen LogP contribution in [0.3, 0.4) is 0 Å². The SMILES string of the molecule is Fc1ccc([C@@H]2Oc3ccccc3[C@@H]3CC(c4ccc(-c5ccccc5)cc4)=NN32)cc1. The highest BCUT2D eigenvalue weighted by Gasteiger charge is 2.40. The lowest BCUT2D eigenvalue weighted by molar-refractivity contribution is -0.0190. The van der Waals surface area contributed by atoms with Gasteiger partial charge in [-0.25, -0.2) is 9.40 Å². The van der Waals surface area contributed by atoms with Crippen LogP contribution < -0.4 is 4.74 Å². The van der Waals surface area contributed by atoms with Crippen molar-refractivity contribution in [2.75, 3.05) is 0 Å². The fraction of sp³-hybridized carbons (Fsp3) is 0.107. The van der Waals surface area contributed by atoms with Crippen LogP contribution in [-0.4, -0.2) is 10.7 Å². The summed E-state index contributed by atoms with van der Waals surface area (Å²) in [6.45, 7) is 0. The molecular formula is C28H21FN2O. The number of fused-ring (bicyclic) bond motifs is 3. The van der Waals surface area contributed by atoms with E-state index in [1.165, 1.54) is 23.3 Å². The van der Waals surface area contributed by atoms with E-state index in [1.54, 1.807) is 12.1 Å². The van der Waals surface area contributed by atoms with Gasteiger partial charge in [-0.15, -0.1) is 0 Å². The summed E-state index contributed by atoms with van der Waals surface area (Å²) in [5.41, 5.74) is 6.53. The number of nitrogens with zero attached hydrogens (tertiary/aromatic N) is 2. The van der Waals surface area contributed by atoms with Gasteiger partial charge in [-0.3, -0.25) is 0 Å². The normalized spacial score (nSPS) is 19.0. The monoisotopic (exact) mass is 420 g/mol. The average molecular weight is 420 g/mol. The van der Waals surface area contributed by atoms with Gasteiger partial charge in [0.2, 0.25) is 6.23 Å². The third kappa shape index (κ3) is 3.25. The molecule has 4 heteroatoms. The van der Waals surface area contributed by atoms with Gasteiger partial charge in [0.1, 0.15) is 11.6 Å². The zero-order valence-corrected chi connectivity index (χ0v) is 17.4. The fourth-order valence-corrected chi connectivity index (χ4v) is 4.54. The molecule has 0 bridgehead atoms. The van der Waals surface area contributed by atoms with Crippen LogP contribution in [0.1, 0.15) is 35.4 Å². The van der Waals surface area contributed by atoms with E-state index in [2.05, 4.69) is 54.6 Å². The number of hydrazone groups is 1. The van der Waals surface area contributed by atoms with Gasteiger partial charge in [0.05, 0.1) is 11.8 Å². The minimum Gasteiger partial charge on any atom is -0.464 e. The number of para-hydroxylation sites is 1. The van der Waals surface area contributed by atoms with E-state index < -0.39 is 6.23 Å². The van der Waals surface area contributed by atoms with E-state index in [0.717, 1.165) is 34.6 Å². The standard InChI is InChI=1S/C28H21FN2O/c29-23-16-14-22(15-17-23)28-31-26(24-8-4-5-9-27(24)32-28)18-25(30-31)21-12-10-20(11-13-21)19-6-2-1-3-7-19/h1-17,26,28H,18H2/t26-,28-/m0/s1. The first kappa shape index (κ1) is 18.8. The van der Waals surface area contributed by atoms with Crippen molar-refractivity contribution in [2.45, 2.75) is 18.7 Å². The van der Waals surface area contributed by atoms with Gasteiger partial charge in [0.25, 0.3) is 0 Å². The third-order valence-electron chi connectivity index (χ3n) is 6.18. The summed E-state index contributed by atoms with van der Waals surface area (Å²) in [6.07, 6.45) is 0.402. The summed E-state index contributed by atoms with van der Waals surface area (Å²) in [6, 6.07) is 33.6. The molecule has 0 saturated heterocycles. The lowest BCUT2D eigenvalue weighted by Crippen LogP contribution is -2.33. The van der Waals surface area contributed by atoms with Crippen LogP contribution in [0, 0.1) is 5.82 Å². The van der Waals surface area contributed by atoms with Crippen molar-refractivity contribution in [1.82, 2.24) is 5.01 Å². The Kier molecular flexibility index (Phi) is 4.50. The summed E-state index contributed by atoms with van der Waals surface area (Å²) in [5.74, 6) is 0.601. The second-order valence-electron chi connectivity index (χ2n) is 8.15.